The maximum absolute atomic E-state index is 12.9. The van der Waals surface area contributed by atoms with Gasteiger partial charge in [-0.3, -0.25) is 14.7 Å². The van der Waals surface area contributed by atoms with E-state index in [4.69, 9.17) is 5.41 Å². The minimum absolute atomic E-state index is 0.00228. The predicted octanol–water partition coefficient (Wildman–Crippen LogP) is 4.51. The Kier molecular flexibility index (Phi) is 7.63. The zero-order chi connectivity index (χ0) is 24.2. The van der Waals surface area contributed by atoms with E-state index in [-0.39, 0.29) is 30.3 Å². The summed E-state index contributed by atoms with van der Waals surface area (Å²) < 4.78 is 38.6. The topological polar surface area (TPSA) is 81.4 Å². The summed E-state index contributed by atoms with van der Waals surface area (Å²) in [6, 6.07) is 7.06. The molecular formula is C24H28F3N5O. The highest BCUT2D eigenvalue weighted by atomic mass is 19.4. The molecule has 0 saturated heterocycles. The number of amides is 1. The summed E-state index contributed by atoms with van der Waals surface area (Å²) in [6.45, 7) is 5.46. The second-order valence-corrected chi connectivity index (χ2v) is 8.50. The molecule has 3 rings (SSSR count). The van der Waals surface area contributed by atoms with E-state index in [2.05, 4.69) is 34.0 Å². The zero-order valence-electron chi connectivity index (χ0n) is 18.9. The number of hydrogen-bond donors (Lipinski definition) is 2. The van der Waals surface area contributed by atoms with Gasteiger partial charge in [-0.25, -0.2) is 0 Å². The van der Waals surface area contributed by atoms with Gasteiger partial charge in [0.1, 0.15) is 0 Å². The van der Waals surface area contributed by atoms with Crippen LogP contribution >= 0.6 is 0 Å². The lowest BCUT2D eigenvalue weighted by atomic mass is 9.99. The molecule has 2 aromatic rings. The summed E-state index contributed by atoms with van der Waals surface area (Å²) in [5.74, 6) is -0.315. The number of fused-ring (bicyclic) bond motifs is 1. The lowest BCUT2D eigenvalue weighted by molar-refractivity contribution is -0.137. The third-order valence-corrected chi connectivity index (χ3v) is 5.66. The molecule has 176 valence electrons. The second kappa shape index (κ2) is 10.2. The molecule has 2 atom stereocenters. The molecular weight excluding hydrogens is 431 g/mol. The minimum atomic E-state index is -4.36. The average Bonchev–Trinajstić information content (AvgIpc) is 3.13. The van der Waals surface area contributed by atoms with Gasteiger partial charge in [0.05, 0.1) is 22.9 Å². The fraction of sp³-hybridized carbons (Fsp3) is 0.417. The van der Waals surface area contributed by atoms with Crippen molar-refractivity contribution in [2.24, 2.45) is 16.8 Å². The highest BCUT2D eigenvalue weighted by Gasteiger charge is 2.35. The molecule has 0 radical (unpaired) electrons. The van der Waals surface area contributed by atoms with Crippen LogP contribution in [0.2, 0.25) is 0 Å². The first kappa shape index (κ1) is 24.6. The Balaban J connectivity index is 1.75. The SMILES string of the molecule is CN=CC(C=N)CNC(=O)c1cnc2c(c1)CN(Cc1ccc(C(F)(F)F)cc1)C2C(C)C. The number of hydrogen-bond acceptors (Lipinski definition) is 5. The largest absolute Gasteiger partial charge is 0.416 e. The number of alkyl halides is 3. The lowest BCUT2D eigenvalue weighted by Crippen LogP contribution is -2.30. The van der Waals surface area contributed by atoms with Crippen LogP contribution in [0.5, 0.6) is 0 Å². The Morgan fingerprint density at radius 2 is 2.03 bits per heavy atom. The minimum Gasteiger partial charge on any atom is -0.351 e. The molecule has 0 saturated carbocycles. The van der Waals surface area contributed by atoms with Crippen LogP contribution in [0.25, 0.3) is 0 Å². The second-order valence-electron chi connectivity index (χ2n) is 8.50. The fourth-order valence-electron chi connectivity index (χ4n) is 4.11. The number of nitrogens with zero attached hydrogens (tertiary/aromatic N) is 3. The van der Waals surface area contributed by atoms with Gasteiger partial charge >= 0.3 is 6.18 Å². The Morgan fingerprint density at radius 1 is 1.33 bits per heavy atom. The van der Waals surface area contributed by atoms with Gasteiger partial charge < -0.3 is 15.7 Å². The Bertz CT molecular complexity index is 1020. The number of benzene rings is 1. The van der Waals surface area contributed by atoms with Gasteiger partial charge in [0.15, 0.2) is 0 Å². The number of halogens is 3. The third kappa shape index (κ3) is 5.84. The molecule has 33 heavy (non-hydrogen) atoms. The van der Waals surface area contributed by atoms with Crippen molar-refractivity contribution in [2.75, 3.05) is 13.6 Å². The van der Waals surface area contributed by atoms with Gasteiger partial charge in [-0.2, -0.15) is 13.2 Å². The van der Waals surface area contributed by atoms with Gasteiger partial charge in [-0.15, -0.1) is 0 Å². The standard InChI is InChI=1S/C24H28F3N5O/c1-15(2)22-21-19(8-18(12-30-21)23(33)31-11-17(9-28)10-29-3)14-32(22)13-16-4-6-20(7-5-16)24(25,26)27/h4-10,12,15,17,22,28H,11,13-14H2,1-3H3,(H,31,33). The predicted molar refractivity (Wildman–Crippen MR) is 122 cm³/mol. The quantitative estimate of drug-likeness (QED) is 0.570. The number of aliphatic imine (C=N–C) groups is 1. The number of carbonyl (C=O) groups is 1. The summed E-state index contributed by atoms with van der Waals surface area (Å²) in [5, 5.41) is 10.2. The van der Waals surface area contributed by atoms with Crippen LogP contribution in [-0.4, -0.2) is 41.8 Å². The van der Waals surface area contributed by atoms with E-state index in [0.717, 1.165) is 29.0 Å². The molecule has 1 amide bonds. The normalized spacial score (nSPS) is 17.4. The first-order chi connectivity index (χ1) is 15.6. The van der Waals surface area contributed by atoms with Crippen LogP contribution in [0.3, 0.4) is 0 Å². The van der Waals surface area contributed by atoms with Gasteiger partial charge in [0.25, 0.3) is 5.91 Å². The van der Waals surface area contributed by atoms with Crippen molar-refractivity contribution in [2.45, 2.75) is 39.2 Å². The molecule has 2 heterocycles. The van der Waals surface area contributed by atoms with Crippen molar-refractivity contribution in [3.05, 3.63) is 64.5 Å². The summed E-state index contributed by atoms with van der Waals surface area (Å²) in [6.07, 6.45) is 0.0193. The van der Waals surface area contributed by atoms with E-state index in [1.54, 1.807) is 19.5 Å². The summed E-state index contributed by atoms with van der Waals surface area (Å²) in [4.78, 5) is 23.2. The number of pyridine rings is 1. The number of nitrogens with one attached hydrogen (secondary N) is 2. The summed E-state index contributed by atoms with van der Waals surface area (Å²) in [7, 11) is 1.62. The number of aromatic nitrogens is 1. The molecule has 1 aromatic carbocycles. The maximum Gasteiger partial charge on any atom is 0.416 e. The van der Waals surface area contributed by atoms with E-state index in [9.17, 15) is 18.0 Å². The van der Waals surface area contributed by atoms with Crippen LogP contribution in [-0.2, 0) is 19.3 Å². The molecule has 1 aliphatic rings. The molecule has 0 aliphatic carbocycles. The van der Waals surface area contributed by atoms with Crippen LogP contribution in [0.1, 0.15) is 52.6 Å². The Morgan fingerprint density at radius 3 is 2.61 bits per heavy atom. The molecule has 0 fully saturated rings. The average molecular weight is 460 g/mol. The van der Waals surface area contributed by atoms with Gasteiger partial charge in [-0.05, 0) is 35.2 Å². The van der Waals surface area contributed by atoms with E-state index in [0.29, 0.717) is 18.7 Å². The molecule has 6 nitrogen and oxygen atoms in total. The van der Waals surface area contributed by atoms with Crippen LogP contribution in [0, 0.1) is 17.2 Å². The highest BCUT2D eigenvalue weighted by Crippen LogP contribution is 2.39. The van der Waals surface area contributed by atoms with E-state index < -0.39 is 11.7 Å². The van der Waals surface area contributed by atoms with E-state index >= 15 is 0 Å². The molecule has 2 unspecified atom stereocenters. The van der Waals surface area contributed by atoms with Crippen molar-refractivity contribution in [3.8, 4) is 0 Å². The Labute approximate surface area is 191 Å². The van der Waals surface area contributed by atoms with E-state index in [1.807, 2.05) is 6.07 Å². The lowest BCUT2D eigenvalue weighted by Gasteiger charge is -2.27. The van der Waals surface area contributed by atoms with Crippen molar-refractivity contribution in [3.63, 3.8) is 0 Å². The molecule has 1 aliphatic heterocycles. The molecule has 0 spiro atoms. The molecule has 2 N–H and O–H groups in total. The monoisotopic (exact) mass is 459 g/mol. The number of carbonyl (C=O) groups excluding carboxylic acids is 1. The Hall–Kier alpha value is -3.07. The first-order valence-corrected chi connectivity index (χ1v) is 10.7. The molecule has 1 aromatic heterocycles. The summed E-state index contributed by atoms with van der Waals surface area (Å²) >= 11 is 0. The smallest absolute Gasteiger partial charge is 0.351 e. The van der Waals surface area contributed by atoms with Crippen LogP contribution in [0.4, 0.5) is 13.2 Å². The zero-order valence-corrected chi connectivity index (χ0v) is 18.9. The van der Waals surface area contributed by atoms with Crippen molar-refractivity contribution in [1.29, 1.82) is 5.41 Å². The maximum atomic E-state index is 12.9. The highest BCUT2D eigenvalue weighted by molar-refractivity contribution is 5.94. The van der Waals surface area contributed by atoms with Crippen LogP contribution < -0.4 is 5.32 Å². The van der Waals surface area contributed by atoms with Gasteiger partial charge in [0, 0.05) is 51.2 Å². The first-order valence-electron chi connectivity index (χ1n) is 10.7. The van der Waals surface area contributed by atoms with Crippen molar-refractivity contribution >= 4 is 18.3 Å². The van der Waals surface area contributed by atoms with Gasteiger partial charge in [0.2, 0.25) is 0 Å². The fourth-order valence-corrected chi connectivity index (χ4v) is 4.11. The third-order valence-electron chi connectivity index (χ3n) is 5.66. The van der Waals surface area contributed by atoms with Crippen molar-refractivity contribution < 1.29 is 18.0 Å². The van der Waals surface area contributed by atoms with Crippen molar-refractivity contribution in [1.82, 2.24) is 15.2 Å². The van der Waals surface area contributed by atoms with Crippen LogP contribution in [0.15, 0.2) is 41.5 Å². The van der Waals surface area contributed by atoms with E-state index in [1.165, 1.54) is 18.3 Å². The number of rotatable bonds is 8. The van der Waals surface area contributed by atoms with Gasteiger partial charge in [-0.1, -0.05) is 26.0 Å². The molecule has 9 heteroatoms. The molecule has 0 bridgehead atoms. The summed E-state index contributed by atoms with van der Waals surface area (Å²) in [5.41, 5.74) is 2.39.